The van der Waals surface area contributed by atoms with Crippen LogP contribution in [0, 0.1) is 0 Å². The van der Waals surface area contributed by atoms with Crippen molar-refractivity contribution in [3.05, 3.63) is 18.3 Å². The number of carboxylic acid groups (broad SMARTS) is 1. The number of methoxy groups -OCH3 is 1. The molecular weight excluding hydrogens is 196 g/mol. The second kappa shape index (κ2) is 5.19. The summed E-state index contributed by atoms with van der Waals surface area (Å²) in [4.78, 5) is 14.7. The smallest absolute Gasteiger partial charge is 0.326 e. The number of aliphatic carboxylic acids is 1. The number of carboxylic acids is 1. The van der Waals surface area contributed by atoms with Crippen LogP contribution in [0.1, 0.15) is 13.3 Å². The van der Waals surface area contributed by atoms with Crippen molar-refractivity contribution in [2.75, 3.05) is 12.4 Å². The van der Waals surface area contributed by atoms with E-state index in [1.54, 1.807) is 18.3 Å². The number of nitrogens with one attached hydrogen (secondary N) is 1. The molecule has 0 aliphatic rings. The standard InChI is InChI=1S/C10H14N2O3/c1-3-8(10(13)14)12-7-4-5-9(15-2)11-6-7/h4-6,8,12H,3H2,1-2H3,(H,13,14). The summed E-state index contributed by atoms with van der Waals surface area (Å²) in [6, 6.07) is 2.83. The zero-order valence-corrected chi connectivity index (χ0v) is 8.73. The Kier molecular flexibility index (Phi) is 3.91. The molecule has 0 saturated carbocycles. The molecule has 0 saturated heterocycles. The van der Waals surface area contributed by atoms with E-state index in [-0.39, 0.29) is 0 Å². The van der Waals surface area contributed by atoms with E-state index in [4.69, 9.17) is 9.84 Å². The average Bonchev–Trinajstić information content (AvgIpc) is 2.26. The first-order chi connectivity index (χ1) is 7.17. The molecule has 1 aromatic rings. The first-order valence-electron chi connectivity index (χ1n) is 4.66. The Balaban J connectivity index is 2.67. The van der Waals surface area contributed by atoms with Crippen LogP contribution < -0.4 is 10.1 Å². The second-order valence-electron chi connectivity index (χ2n) is 3.03. The third-order valence-electron chi connectivity index (χ3n) is 1.99. The Hall–Kier alpha value is -1.78. The molecule has 2 N–H and O–H groups in total. The number of ether oxygens (including phenoxy) is 1. The zero-order chi connectivity index (χ0) is 11.3. The van der Waals surface area contributed by atoms with Crippen molar-refractivity contribution in [2.24, 2.45) is 0 Å². The van der Waals surface area contributed by atoms with Gasteiger partial charge in [-0.3, -0.25) is 0 Å². The highest BCUT2D eigenvalue weighted by Gasteiger charge is 2.14. The fourth-order valence-corrected chi connectivity index (χ4v) is 1.13. The van der Waals surface area contributed by atoms with Crippen LogP contribution >= 0.6 is 0 Å². The summed E-state index contributed by atoms with van der Waals surface area (Å²) in [5, 5.41) is 11.7. The molecule has 0 radical (unpaired) electrons. The van der Waals surface area contributed by atoms with Gasteiger partial charge in [-0.15, -0.1) is 0 Å². The predicted octanol–water partition coefficient (Wildman–Crippen LogP) is 1.37. The maximum Gasteiger partial charge on any atom is 0.326 e. The molecule has 1 heterocycles. The molecule has 1 atom stereocenters. The highest BCUT2D eigenvalue weighted by molar-refractivity contribution is 5.77. The lowest BCUT2D eigenvalue weighted by atomic mass is 10.2. The summed E-state index contributed by atoms with van der Waals surface area (Å²) in [7, 11) is 1.53. The third-order valence-corrected chi connectivity index (χ3v) is 1.99. The quantitative estimate of drug-likeness (QED) is 0.767. The van der Waals surface area contributed by atoms with Crippen molar-refractivity contribution in [1.29, 1.82) is 0 Å². The number of hydrogen-bond donors (Lipinski definition) is 2. The van der Waals surface area contributed by atoms with E-state index in [9.17, 15) is 4.79 Å². The molecule has 0 bridgehead atoms. The molecule has 15 heavy (non-hydrogen) atoms. The number of aromatic nitrogens is 1. The lowest BCUT2D eigenvalue weighted by Crippen LogP contribution is -2.28. The van der Waals surface area contributed by atoms with Gasteiger partial charge in [-0.05, 0) is 12.5 Å². The average molecular weight is 210 g/mol. The third kappa shape index (κ3) is 3.12. The maximum atomic E-state index is 10.8. The molecule has 1 aromatic heterocycles. The van der Waals surface area contributed by atoms with Crippen LogP contribution in [-0.2, 0) is 4.79 Å². The molecule has 5 heteroatoms. The van der Waals surface area contributed by atoms with Crippen LogP contribution in [0.2, 0.25) is 0 Å². The van der Waals surface area contributed by atoms with Gasteiger partial charge in [0.25, 0.3) is 0 Å². The van der Waals surface area contributed by atoms with E-state index in [1.165, 1.54) is 7.11 Å². The number of hydrogen-bond acceptors (Lipinski definition) is 4. The Morgan fingerprint density at radius 2 is 2.40 bits per heavy atom. The highest BCUT2D eigenvalue weighted by Crippen LogP contribution is 2.12. The molecule has 1 rings (SSSR count). The summed E-state index contributed by atoms with van der Waals surface area (Å²) < 4.78 is 4.89. The van der Waals surface area contributed by atoms with E-state index in [0.717, 1.165) is 0 Å². The van der Waals surface area contributed by atoms with Crippen LogP contribution in [-0.4, -0.2) is 29.2 Å². The molecule has 0 fully saturated rings. The molecule has 5 nitrogen and oxygen atoms in total. The van der Waals surface area contributed by atoms with Crippen molar-refractivity contribution in [2.45, 2.75) is 19.4 Å². The monoisotopic (exact) mass is 210 g/mol. The minimum Gasteiger partial charge on any atom is -0.481 e. The van der Waals surface area contributed by atoms with E-state index >= 15 is 0 Å². The van der Waals surface area contributed by atoms with Gasteiger partial charge in [-0.25, -0.2) is 9.78 Å². The molecular formula is C10H14N2O3. The zero-order valence-electron chi connectivity index (χ0n) is 8.73. The van der Waals surface area contributed by atoms with Crippen LogP contribution in [0.25, 0.3) is 0 Å². The largest absolute Gasteiger partial charge is 0.481 e. The van der Waals surface area contributed by atoms with Gasteiger partial charge >= 0.3 is 5.97 Å². The summed E-state index contributed by atoms with van der Waals surface area (Å²) in [6.45, 7) is 1.81. The molecule has 0 spiro atoms. The van der Waals surface area contributed by atoms with E-state index < -0.39 is 12.0 Å². The first-order valence-corrected chi connectivity index (χ1v) is 4.66. The van der Waals surface area contributed by atoms with Gasteiger partial charge in [0.2, 0.25) is 5.88 Å². The molecule has 0 amide bonds. The summed E-state index contributed by atoms with van der Waals surface area (Å²) >= 11 is 0. The van der Waals surface area contributed by atoms with Crippen molar-refractivity contribution in [1.82, 2.24) is 4.98 Å². The van der Waals surface area contributed by atoms with Crippen molar-refractivity contribution in [3.63, 3.8) is 0 Å². The Morgan fingerprint density at radius 3 is 2.80 bits per heavy atom. The van der Waals surface area contributed by atoms with Crippen LogP contribution in [0.4, 0.5) is 5.69 Å². The van der Waals surface area contributed by atoms with Gasteiger partial charge in [0.1, 0.15) is 6.04 Å². The summed E-state index contributed by atoms with van der Waals surface area (Å²) in [5.41, 5.74) is 0.671. The lowest BCUT2D eigenvalue weighted by molar-refractivity contribution is -0.137. The van der Waals surface area contributed by atoms with E-state index in [0.29, 0.717) is 18.0 Å². The Bertz CT molecular complexity index is 324. The topological polar surface area (TPSA) is 71.5 Å². The van der Waals surface area contributed by atoms with Gasteiger partial charge in [-0.2, -0.15) is 0 Å². The van der Waals surface area contributed by atoms with Gasteiger partial charge in [0.05, 0.1) is 19.0 Å². The molecule has 0 aliphatic heterocycles. The minimum atomic E-state index is -0.867. The van der Waals surface area contributed by atoms with Crippen molar-refractivity contribution >= 4 is 11.7 Å². The lowest BCUT2D eigenvalue weighted by Gasteiger charge is -2.13. The minimum absolute atomic E-state index is 0.504. The second-order valence-corrected chi connectivity index (χ2v) is 3.03. The van der Waals surface area contributed by atoms with E-state index in [1.807, 2.05) is 6.92 Å². The van der Waals surface area contributed by atoms with Crippen LogP contribution in [0.15, 0.2) is 18.3 Å². The Labute approximate surface area is 88.1 Å². The number of carbonyl (C=O) groups is 1. The molecule has 1 unspecified atom stereocenters. The number of anilines is 1. The normalized spacial score (nSPS) is 11.9. The summed E-state index contributed by atoms with van der Waals surface area (Å²) in [6.07, 6.45) is 2.06. The highest BCUT2D eigenvalue weighted by atomic mass is 16.5. The number of pyridine rings is 1. The Morgan fingerprint density at radius 1 is 1.67 bits per heavy atom. The molecule has 0 aromatic carbocycles. The van der Waals surface area contributed by atoms with Gasteiger partial charge < -0.3 is 15.2 Å². The number of rotatable bonds is 5. The SMILES string of the molecule is CCC(Nc1ccc(OC)nc1)C(=O)O. The number of nitrogens with zero attached hydrogens (tertiary/aromatic N) is 1. The fourth-order valence-electron chi connectivity index (χ4n) is 1.13. The van der Waals surface area contributed by atoms with Crippen molar-refractivity contribution < 1.29 is 14.6 Å². The van der Waals surface area contributed by atoms with Crippen LogP contribution in [0.5, 0.6) is 5.88 Å². The van der Waals surface area contributed by atoms with Gasteiger partial charge in [0.15, 0.2) is 0 Å². The van der Waals surface area contributed by atoms with Gasteiger partial charge in [-0.1, -0.05) is 6.92 Å². The molecule has 82 valence electrons. The first kappa shape index (κ1) is 11.3. The van der Waals surface area contributed by atoms with Gasteiger partial charge in [0, 0.05) is 6.07 Å². The maximum absolute atomic E-state index is 10.8. The summed E-state index contributed by atoms with van der Waals surface area (Å²) in [5.74, 6) is -0.364. The van der Waals surface area contributed by atoms with Crippen molar-refractivity contribution in [3.8, 4) is 5.88 Å². The fraction of sp³-hybridized carbons (Fsp3) is 0.400. The molecule has 0 aliphatic carbocycles. The van der Waals surface area contributed by atoms with E-state index in [2.05, 4.69) is 10.3 Å². The van der Waals surface area contributed by atoms with Crippen LogP contribution in [0.3, 0.4) is 0 Å². The predicted molar refractivity (Wildman–Crippen MR) is 56.1 cm³/mol.